The van der Waals surface area contributed by atoms with E-state index in [2.05, 4.69) is 5.32 Å². The Kier molecular flexibility index (Phi) is 4.10. The van der Waals surface area contributed by atoms with E-state index in [1.54, 1.807) is 25.1 Å². The van der Waals surface area contributed by atoms with Gasteiger partial charge in [-0.3, -0.25) is 4.79 Å². The van der Waals surface area contributed by atoms with Crippen molar-refractivity contribution in [2.45, 2.75) is 26.9 Å². The molecule has 5 heteroatoms. The highest BCUT2D eigenvalue weighted by Crippen LogP contribution is 2.34. The number of benzene rings is 2. The van der Waals surface area contributed by atoms with E-state index in [0.717, 1.165) is 5.56 Å². The third kappa shape index (κ3) is 3.39. The van der Waals surface area contributed by atoms with Gasteiger partial charge >= 0.3 is 0 Å². The average molecular weight is 313 g/mol. The summed E-state index contributed by atoms with van der Waals surface area (Å²) in [5, 5.41) is 2.82. The van der Waals surface area contributed by atoms with Crippen molar-refractivity contribution in [3.05, 3.63) is 47.5 Å². The molecule has 1 aliphatic heterocycles. The summed E-state index contributed by atoms with van der Waals surface area (Å²) in [7, 11) is 0. The van der Waals surface area contributed by atoms with Gasteiger partial charge in [-0.15, -0.1) is 0 Å². The molecule has 0 bridgehead atoms. The Morgan fingerprint density at radius 1 is 1.09 bits per heavy atom. The topological polar surface area (TPSA) is 56.8 Å². The van der Waals surface area contributed by atoms with Crippen molar-refractivity contribution < 1.29 is 19.0 Å². The Bertz CT molecular complexity index is 742. The minimum Gasteiger partial charge on any atom is -0.481 e. The van der Waals surface area contributed by atoms with Crippen LogP contribution >= 0.6 is 0 Å². The Hall–Kier alpha value is -2.69. The smallest absolute Gasteiger partial charge is 0.265 e. The second kappa shape index (κ2) is 6.20. The molecule has 0 aromatic heterocycles. The van der Waals surface area contributed by atoms with E-state index < -0.39 is 6.10 Å². The maximum atomic E-state index is 12.3. The van der Waals surface area contributed by atoms with Gasteiger partial charge in [0.25, 0.3) is 5.91 Å². The van der Waals surface area contributed by atoms with Crippen LogP contribution in [0.25, 0.3) is 0 Å². The quantitative estimate of drug-likeness (QED) is 0.939. The normalized spacial score (nSPS) is 13.5. The maximum absolute atomic E-state index is 12.3. The number of rotatable bonds is 4. The predicted octanol–water partition coefficient (Wildman–Crippen LogP) is 3.44. The van der Waals surface area contributed by atoms with Crippen LogP contribution in [0.4, 0.5) is 5.69 Å². The summed E-state index contributed by atoms with van der Waals surface area (Å²) in [5.74, 6) is 1.77. The molecular formula is C18H19NO4. The molecule has 1 heterocycles. The van der Waals surface area contributed by atoms with E-state index >= 15 is 0 Å². The van der Waals surface area contributed by atoms with Gasteiger partial charge in [-0.1, -0.05) is 6.07 Å². The molecule has 5 nitrogen and oxygen atoms in total. The lowest BCUT2D eigenvalue weighted by Gasteiger charge is -2.15. The van der Waals surface area contributed by atoms with Crippen molar-refractivity contribution in [1.82, 2.24) is 0 Å². The van der Waals surface area contributed by atoms with E-state index in [-0.39, 0.29) is 12.7 Å². The first kappa shape index (κ1) is 15.2. The number of hydrogen-bond donors (Lipinski definition) is 1. The molecule has 1 aliphatic rings. The van der Waals surface area contributed by atoms with Crippen LogP contribution in [0, 0.1) is 13.8 Å². The van der Waals surface area contributed by atoms with Crippen molar-refractivity contribution in [3.63, 3.8) is 0 Å². The van der Waals surface area contributed by atoms with Gasteiger partial charge in [0.15, 0.2) is 17.6 Å². The van der Waals surface area contributed by atoms with E-state index in [9.17, 15) is 4.79 Å². The van der Waals surface area contributed by atoms with E-state index in [4.69, 9.17) is 14.2 Å². The summed E-state index contributed by atoms with van der Waals surface area (Å²) in [6.45, 7) is 5.98. The average Bonchev–Trinajstić information content (AvgIpc) is 2.98. The fourth-order valence-corrected chi connectivity index (χ4v) is 2.26. The predicted molar refractivity (Wildman–Crippen MR) is 87.2 cm³/mol. The van der Waals surface area contributed by atoms with Crippen molar-refractivity contribution in [2.24, 2.45) is 0 Å². The third-order valence-electron chi connectivity index (χ3n) is 3.80. The number of carbonyl (C=O) groups excluding carboxylic acids is 1. The van der Waals surface area contributed by atoms with Crippen LogP contribution < -0.4 is 19.5 Å². The van der Waals surface area contributed by atoms with Gasteiger partial charge in [0, 0.05) is 11.8 Å². The largest absolute Gasteiger partial charge is 0.481 e. The number of amides is 1. The zero-order valence-corrected chi connectivity index (χ0v) is 13.4. The fraction of sp³-hybridized carbons (Fsp3) is 0.278. The Labute approximate surface area is 135 Å². The van der Waals surface area contributed by atoms with E-state index in [1.807, 2.05) is 32.0 Å². The lowest BCUT2D eigenvalue weighted by Crippen LogP contribution is -2.30. The molecule has 3 rings (SSSR count). The molecule has 0 fully saturated rings. The molecule has 1 amide bonds. The minimum atomic E-state index is -0.609. The summed E-state index contributed by atoms with van der Waals surface area (Å²) < 4.78 is 16.3. The molecule has 1 N–H and O–H groups in total. The second-order valence-electron chi connectivity index (χ2n) is 5.56. The second-order valence-corrected chi connectivity index (χ2v) is 5.56. The van der Waals surface area contributed by atoms with Gasteiger partial charge in [0.1, 0.15) is 5.75 Å². The van der Waals surface area contributed by atoms with Gasteiger partial charge in [0.05, 0.1) is 0 Å². The molecule has 0 radical (unpaired) electrons. The molecule has 0 saturated carbocycles. The number of fused-ring (bicyclic) bond motifs is 1. The van der Waals surface area contributed by atoms with Crippen molar-refractivity contribution in [1.29, 1.82) is 0 Å². The molecular weight excluding hydrogens is 294 g/mol. The Morgan fingerprint density at radius 3 is 2.65 bits per heavy atom. The van der Waals surface area contributed by atoms with Crippen LogP contribution in [0.15, 0.2) is 36.4 Å². The summed E-state index contributed by atoms with van der Waals surface area (Å²) in [6, 6.07) is 11.1. The number of nitrogens with one attached hydrogen (secondary N) is 1. The zero-order valence-electron chi connectivity index (χ0n) is 13.4. The lowest BCUT2D eigenvalue weighted by molar-refractivity contribution is -0.122. The number of hydrogen-bond acceptors (Lipinski definition) is 4. The van der Waals surface area contributed by atoms with Gasteiger partial charge < -0.3 is 19.5 Å². The van der Waals surface area contributed by atoms with Gasteiger partial charge in [-0.25, -0.2) is 0 Å². The molecule has 120 valence electrons. The summed E-state index contributed by atoms with van der Waals surface area (Å²) in [5.41, 5.74) is 2.97. The zero-order chi connectivity index (χ0) is 16.4. The highest BCUT2D eigenvalue weighted by Gasteiger charge is 2.18. The van der Waals surface area contributed by atoms with Crippen molar-refractivity contribution >= 4 is 11.6 Å². The first-order valence-corrected chi connectivity index (χ1v) is 7.47. The minimum absolute atomic E-state index is 0.207. The maximum Gasteiger partial charge on any atom is 0.265 e. The summed E-state index contributed by atoms with van der Waals surface area (Å²) in [4.78, 5) is 12.3. The highest BCUT2D eigenvalue weighted by atomic mass is 16.7. The first-order chi connectivity index (χ1) is 11.0. The third-order valence-corrected chi connectivity index (χ3v) is 3.80. The van der Waals surface area contributed by atoms with Gasteiger partial charge in [0.2, 0.25) is 6.79 Å². The molecule has 1 atom stereocenters. The van der Waals surface area contributed by atoms with Crippen molar-refractivity contribution in [3.8, 4) is 17.2 Å². The first-order valence-electron chi connectivity index (χ1n) is 7.47. The van der Waals surface area contributed by atoms with Crippen LogP contribution in [-0.4, -0.2) is 18.8 Å². The summed E-state index contributed by atoms with van der Waals surface area (Å²) in [6.07, 6.45) is -0.609. The molecule has 0 saturated heterocycles. The van der Waals surface area contributed by atoms with Gasteiger partial charge in [-0.2, -0.15) is 0 Å². The van der Waals surface area contributed by atoms with Crippen LogP contribution in [0.3, 0.4) is 0 Å². The standard InChI is InChI=1S/C18H19NO4/c1-11-4-6-15(8-12(11)2)23-13(3)18(20)19-14-5-7-16-17(9-14)22-10-21-16/h4-9,13H,10H2,1-3H3,(H,19,20)/t13-/m0/s1. The van der Waals surface area contributed by atoms with E-state index in [0.29, 0.717) is 22.9 Å². The molecule has 2 aromatic carbocycles. The molecule has 0 aliphatic carbocycles. The monoisotopic (exact) mass is 313 g/mol. The lowest BCUT2D eigenvalue weighted by atomic mass is 10.1. The highest BCUT2D eigenvalue weighted by molar-refractivity contribution is 5.94. The summed E-state index contributed by atoms with van der Waals surface area (Å²) >= 11 is 0. The SMILES string of the molecule is Cc1ccc(O[C@@H](C)C(=O)Nc2ccc3c(c2)OCO3)cc1C. The van der Waals surface area contributed by atoms with Crippen LogP contribution in [0.1, 0.15) is 18.1 Å². The Balaban J connectivity index is 1.64. The number of carbonyl (C=O) groups is 1. The Morgan fingerprint density at radius 2 is 1.87 bits per heavy atom. The number of ether oxygens (including phenoxy) is 3. The molecule has 2 aromatic rings. The molecule has 0 spiro atoms. The van der Waals surface area contributed by atoms with Crippen LogP contribution in [-0.2, 0) is 4.79 Å². The molecule has 0 unspecified atom stereocenters. The van der Waals surface area contributed by atoms with Crippen LogP contribution in [0.5, 0.6) is 17.2 Å². The van der Waals surface area contributed by atoms with E-state index in [1.165, 1.54) is 5.56 Å². The molecule has 23 heavy (non-hydrogen) atoms. The van der Waals surface area contributed by atoms with Crippen LogP contribution in [0.2, 0.25) is 0 Å². The van der Waals surface area contributed by atoms with Crippen molar-refractivity contribution in [2.75, 3.05) is 12.1 Å². The van der Waals surface area contributed by atoms with Gasteiger partial charge in [-0.05, 0) is 56.2 Å². The fourth-order valence-electron chi connectivity index (χ4n) is 2.26. The number of aryl methyl sites for hydroxylation is 2. The number of anilines is 1.